The SMILES string of the molecule is CC(C)Cc1cccc(C2(O)CCCNCC2)c1. The highest BCUT2D eigenvalue weighted by Gasteiger charge is 2.29. The molecule has 2 heteroatoms. The van der Waals surface area contributed by atoms with Gasteiger partial charge in [-0.1, -0.05) is 38.1 Å². The van der Waals surface area contributed by atoms with Gasteiger partial charge in [0, 0.05) is 0 Å². The molecule has 2 rings (SSSR count). The Balaban J connectivity index is 2.20. The Bertz CT molecular complexity index is 378. The van der Waals surface area contributed by atoms with E-state index in [1.54, 1.807) is 0 Å². The first-order chi connectivity index (χ1) is 8.60. The van der Waals surface area contributed by atoms with Crippen LogP contribution in [-0.4, -0.2) is 18.2 Å². The molecule has 1 atom stereocenters. The predicted octanol–water partition coefficient (Wildman–Crippen LogP) is 2.85. The van der Waals surface area contributed by atoms with Gasteiger partial charge in [0.2, 0.25) is 0 Å². The van der Waals surface area contributed by atoms with Crippen molar-refractivity contribution in [3.63, 3.8) is 0 Å². The Morgan fingerprint density at radius 3 is 2.89 bits per heavy atom. The maximum absolute atomic E-state index is 10.8. The Kier molecular flexibility index (Phi) is 4.41. The van der Waals surface area contributed by atoms with Crippen molar-refractivity contribution in [2.45, 2.75) is 45.1 Å². The number of rotatable bonds is 3. The molecule has 2 nitrogen and oxygen atoms in total. The van der Waals surface area contributed by atoms with Crippen molar-refractivity contribution in [1.29, 1.82) is 0 Å². The number of nitrogens with one attached hydrogen (secondary N) is 1. The molecule has 0 aliphatic carbocycles. The molecule has 0 saturated carbocycles. The molecule has 1 saturated heterocycles. The molecule has 18 heavy (non-hydrogen) atoms. The van der Waals surface area contributed by atoms with Crippen molar-refractivity contribution in [2.75, 3.05) is 13.1 Å². The highest BCUT2D eigenvalue weighted by Crippen LogP contribution is 2.31. The highest BCUT2D eigenvalue weighted by atomic mass is 16.3. The second-order valence-electron chi connectivity index (χ2n) is 5.93. The van der Waals surface area contributed by atoms with Crippen LogP contribution in [0.25, 0.3) is 0 Å². The van der Waals surface area contributed by atoms with Gasteiger partial charge in [-0.3, -0.25) is 0 Å². The molecular formula is C16H25NO. The summed E-state index contributed by atoms with van der Waals surface area (Å²) in [4.78, 5) is 0. The van der Waals surface area contributed by atoms with Crippen LogP contribution >= 0.6 is 0 Å². The molecule has 1 aliphatic heterocycles. The van der Waals surface area contributed by atoms with Crippen LogP contribution in [0.1, 0.15) is 44.2 Å². The lowest BCUT2D eigenvalue weighted by molar-refractivity contribution is 0.0239. The molecule has 0 radical (unpaired) electrons. The zero-order chi connectivity index (χ0) is 13.0. The van der Waals surface area contributed by atoms with Crippen molar-refractivity contribution in [2.24, 2.45) is 5.92 Å². The normalized spacial score (nSPS) is 25.1. The second-order valence-corrected chi connectivity index (χ2v) is 5.93. The molecule has 100 valence electrons. The smallest absolute Gasteiger partial charge is 0.0909 e. The van der Waals surface area contributed by atoms with Crippen LogP contribution in [0.2, 0.25) is 0 Å². The van der Waals surface area contributed by atoms with E-state index in [2.05, 4.69) is 43.4 Å². The first-order valence-electron chi connectivity index (χ1n) is 7.13. The molecular weight excluding hydrogens is 222 g/mol. The van der Waals surface area contributed by atoms with Crippen molar-refractivity contribution in [3.8, 4) is 0 Å². The molecule has 1 aromatic rings. The van der Waals surface area contributed by atoms with Crippen LogP contribution in [-0.2, 0) is 12.0 Å². The third-order valence-corrected chi connectivity index (χ3v) is 3.77. The summed E-state index contributed by atoms with van der Waals surface area (Å²) in [6, 6.07) is 8.53. The van der Waals surface area contributed by atoms with E-state index in [4.69, 9.17) is 0 Å². The lowest BCUT2D eigenvalue weighted by Crippen LogP contribution is -2.27. The minimum absolute atomic E-state index is 0.628. The monoisotopic (exact) mass is 247 g/mol. The van der Waals surface area contributed by atoms with Gasteiger partial charge in [-0.25, -0.2) is 0 Å². The summed E-state index contributed by atoms with van der Waals surface area (Å²) in [6.45, 7) is 6.40. The topological polar surface area (TPSA) is 32.3 Å². The fraction of sp³-hybridized carbons (Fsp3) is 0.625. The second kappa shape index (κ2) is 5.85. The van der Waals surface area contributed by atoms with Gasteiger partial charge >= 0.3 is 0 Å². The van der Waals surface area contributed by atoms with Gasteiger partial charge in [0.25, 0.3) is 0 Å². The summed E-state index contributed by atoms with van der Waals surface area (Å²) in [5.74, 6) is 0.658. The van der Waals surface area contributed by atoms with Gasteiger partial charge in [0.1, 0.15) is 0 Å². The molecule has 1 aromatic carbocycles. The van der Waals surface area contributed by atoms with Crippen LogP contribution in [0.5, 0.6) is 0 Å². The lowest BCUT2D eigenvalue weighted by atomic mass is 9.85. The summed E-state index contributed by atoms with van der Waals surface area (Å²) in [6.07, 6.45) is 3.82. The minimum atomic E-state index is -0.628. The number of benzene rings is 1. The van der Waals surface area contributed by atoms with Gasteiger partial charge in [-0.15, -0.1) is 0 Å². The van der Waals surface area contributed by atoms with Crippen LogP contribution in [0.4, 0.5) is 0 Å². The Labute approximate surface area is 110 Å². The first kappa shape index (κ1) is 13.6. The van der Waals surface area contributed by atoms with Crippen molar-refractivity contribution in [3.05, 3.63) is 35.4 Å². The molecule has 1 aliphatic rings. The largest absolute Gasteiger partial charge is 0.385 e. The lowest BCUT2D eigenvalue weighted by Gasteiger charge is -2.27. The molecule has 1 unspecified atom stereocenters. The average molecular weight is 247 g/mol. The van der Waals surface area contributed by atoms with Gasteiger partial charge in [-0.2, -0.15) is 0 Å². The zero-order valence-electron chi connectivity index (χ0n) is 11.6. The number of hydrogen-bond acceptors (Lipinski definition) is 2. The van der Waals surface area contributed by atoms with Gasteiger partial charge in [0.15, 0.2) is 0 Å². The molecule has 0 bridgehead atoms. The quantitative estimate of drug-likeness (QED) is 0.861. The Hall–Kier alpha value is -0.860. The molecule has 2 N–H and O–H groups in total. The van der Waals surface area contributed by atoms with Gasteiger partial charge in [-0.05, 0) is 55.8 Å². The van der Waals surface area contributed by atoms with Gasteiger partial charge in [0.05, 0.1) is 5.60 Å². The summed E-state index contributed by atoms with van der Waals surface area (Å²) in [5, 5.41) is 14.2. The molecule has 0 amide bonds. The van der Waals surface area contributed by atoms with Crippen LogP contribution in [0.15, 0.2) is 24.3 Å². The van der Waals surface area contributed by atoms with Crippen molar-refractivity contribution >= 4 is 0 Å². The number of aliphatic hydroxyl groups is 1. The Morgan fingerprint density at radius 2 is 2.11 bits per heavy atom. The summed E-state index contributed by atoms with van der Waals surface area (Å²) in [7, 11) is 0. The highest BCUT2D eigenvalue weighted by molar-refractivity contribution is 5.29. The van der Waals surface area contributed by atoms with Crippen LogP contribution in [0, 0.1) is 5.92 Å². The van der Waals surface area contributed by atoms with Crippen LogP contribution in [0.3, 0.4) is 0 Å². The summed E-state index contributed by atoms with van der Waals surface area (Å²) in [5.41, 5.74) is 1.81. The molecule has 0 aromatic heterocycles. The summed E-state index contributed by atoms with van der Waals surface area (Å²) < 4.78 is 0. The summed E-state index contributed by atoms with van der Waals surface area (Å²) >= 11 is 0. The van der Waals surface area contributed by atoms with E-state index in [1.807, 2.05) is 0 Å². The maximum atomic E-state index is 10.8. The zero-order valence-corrected chi connectivity index (χ0v) is 11.6. The predicted molar refractivity (Wildman–Crippen MR) is 75.6 cm³/mol. The first-order valence-corrected chi connectivity index (χ1v) is 7.13. The van der Waals surface area contributed by atoms with E-state index >= 15 is 0 Å². The Morgan fingerprint density at radius 1 is 1.28 bits per heavy atom. The maximum Gasteiger partial charge on any atom is 0.0909 e. The number of hydrogen-bond donors (Lipinski definition) is 2. The fourth-order valence-electron chi connectivity index (χ4n) is 2.80. The molecule has 1 heterocycles. The third-order valence-electron chi connectivity index (χ3n) is 3.77. The van der Waals surface area contributed by atoms with Crippen LogP contribution < -0.4 is 5.32 Å². The third kappa shape index (κ3) is 3.33. The van der Waals surface area contributed by atoms with E-state index in [-0.39, 0.29) is 0 Å². The van der Waals surface area contributed by atoms with E-state index in [0.29, 0.717) is 5.92 Å². The van der Waals surface area contributed by atoms with Crippen molar-refractivity contribution in [1.82, 2.24) is 5.32 Å². The fourth-order valence-corrected chi connectivity index (χ4v) is 2.80. The standard InChI is InChI=1S/C16H25NO/c1-13(2)11-14-5-3-6-15(12-14)16(18)7-4-9-17-10-8-16/h3,5-6,12-13,17-18H,4,7-11H2,1-2H3. The van der Waals surface area contributed by atoms with E-state index in [0.717, 1.165) is 44.3 Å². The molecule has 1 fully saturated rings. The average Bonchev–Trinajstić information content (AvgIpc) is 2.55. The minimum Gasteiger partial charge on any atom is -0.385 e. The van der Waals surface area contributed by atoms with E-state index in [1.165, 1.54) is 5.56 Å². The molecule has 0 spiro atoms. The van der Waals surface area contributed by atoms with Gasteiger partial charge < -0.3 is 10.4 Å². The van der Waals surface area contributed by atoms with Crippen molar-refractivity contribution < 1.29 is 5.11 Å². The van der Waals surface area contributed by atoms with E-state index < -0.39 is 5.60 Å². The van der Waals surface area contributed by atoms with E-state index in [9.17, 15) is 5.11 Å².